The highest BCUT2D eigenvalue weighted by atomic mass is 32.1. The predicted molar refractivity (Wildman–Crippen MR) is 120 cm³/mol. The topological polar surface area (TPSA) is 88.3 Å². The van der Waals surface area contributed by atoms with Crippen LogP contribution in [0.5, 0.6) is 0 Å². The number of rotatable bonds is 8. The molecular weight excluding hydrogens is 396 g/mol. The fourth-order valence-electron chi connectivity index (χ4n) is 3.91. The second kappa shape index (κ2) is 10.7. The van der Waals surface area contributed by atoms with Gasteiger partial charge in [-0.3, -0.25) is 9.59 Å². The third-order valence-electron chi connectivity index (χ3n) is 6.02. The van der Waals surface area contributed by atoms with Crippen LogP contribution >= 0.6 is 11.3 Å². The van der Waals surface area contributed by atoms with Gasteiger partial charge in [0.05, 0.1) is 0 Å². The minimum atomic E-state index is -0.531. The van der Waals surface area contributed by atoms with E-state index in [0.717, 1.165) is 38.8 Å². The van der Waals surface area contributed by atoms with Crippen molar-refractivity contribution < 1.29 is 9.59 Å². The molecular formula is C23H32N4O2S. The van der Waals surface area contributed by atoms with E-state index in [-0.39, 0.29) is 17.7 Å². The number of piperidine rings is 1. The maximum atomic E-state index is 13.3. The minimum Gasteiger partial charge on any atom is -0.341 e. The van der Waals surface area contributed by atoms with Gasteiger partial charge in [-0.05, 0) is 36.7 Å². The Labute approximate surface area is 182 Å². The zero-order valence-corrected chi connectivity index (χ0v) is 18.7. The van der Waals surface area contributed by atoms with Crippen molar-refractivity contribution in [3.05, 3.63) is 52.0 Å². The fourth-order valence-corrected chi connectivity index (χ4v) is 4.56. The van der Waals surface area contributed by atoms with Gasteiger partial charge in [-0.2, -0.15) is 0 Å². The van der Waals surface area contributed by atoms with Crippen molar-refractivity contribution in [1.82, 2.24) is 15.2 Å². The largest absolute Gasteiger partial charge is 0.341 e. The number of hydrogen-bond acceptors (Lipinski definition) is 5. The average molecular weight is 429 g/mol. The minimum absolute atomic E-state index is 0.0186. The van der Waals surface area contributed by atoms with E-state index < -0.39 is 6.04 Å². The quantitative estimate of drug-likeness (QED) is 0.676. The predicted octanol–water partition coefficient (Wildman–Crippen LogP) is 3.23. The first kappa shape index (κ1) is 22.4. The van der Waals surface area contributed by atoms with Gasteiger partial charge < -0.3 is 16.0 Å². The van der Waals surface area contributed by atoms with Crippen LogP contribution in [0.15, 0.2) is 35.7 Å². The molecule has 2 aromatic rings. The lowest BCUT2D eigenvalue weighted by atomic mass is 9.89. The number of carbonyl (C=O) groups is 2. The smallest absolute Gasteiger partial charge is 0.271 e. The molecule has 162 valence electrons. The summed E-state index contributed by atoms with van der Waals surface area (Å²) in [5, 5.41) is 5.36. The Bertz CT molecular complexity index is 831. The highest BCUT2D eigenvalue weighted by Crippen LogP contribution is 2.23. The van der Waals surface area contributed by atoms with Crippen molar-refractivity contribution in [3.63, 3.8) is 0 Å². The first-order chi connectivity index (χ1) is 14.5. The number of aromatic nitrogens is 1. The fraction of sp³-hybridized carbons (Fsp3) is 0.522. The number of thiazole rings is 1. The van der Waals surface area contributed by atoms with Crippen LogP contribution in [0.4, 0.5) is 0 Å². The van der Waals surface area contributed by atoms with Gasteiger partial charge in [-0.1, -0.05) is 50.6 Å². The Hall–Kier alpha value is -2.25. The summed E-state index contributed by atoms with van der Waals surface area (Å²) in [5.41, 5.74) is 7.29. The summed E-state index contributed by atoms with van der Waals surface area (Å²) in [6.07, 6.45) is 3.86. The third kappa shape index (κ3) is 5.67. The first-order valence-corrected chi connectivity index (χ1v) is 11.7. The lowest BCUT2D eigenvalue weighted by molar-refractivity contribution is -0.135. The van der Waals surface area contributed by atoms with Gasteiger partial charge in [0.2, 0.25) is 5.91 Å². The maximum absolute atomic E-state index is 13.3. The molecule has 1 saturated heterocycles. The molecule has 3 N–H and O–H groups in total. The normalized spacial score (nSPS) is 16.8. The van der Waals surface area contributed by atoms with E-state index in [2.05, 4.69) is 34.6 Å². The Balaban J connectivity index is 1.59. The van der Waals surface area contributed by atoms with E-state index in [4.69, 9.17) is 5.73 Å². The molecule has 2 amide bonds. The Kier molecular flexibility index (Phi) is 7.99. The number of hydrogen-bond donors (Lipinski definition) is 2. The van der Waals surface area contributed by atoms with Crippen LogP contribution in [0.2, 0.25) is 0 Å². The van der Waals surface area contributed by atoms with Crippen LogP contribution < -0.4 is 11.1 Å². The molecule has 1 aromatic carbocycles. The molecule has 0 saturated carbocycles. The summed E-state index contributed by atoms with van der Waals surface area (Å²) in [6, 6.07) is 9.99. The molecule has 6 nitrogen and oxygen atoms in total. The van der Waals surface area contributed by atoms with Crippen LogP contribution in [-0.4, -0.2) is 40.8 Å². The number of nitrogens with one attached hydrogen (secondary N) is 1. The number of nitrogens with two attached hydrogens (primary N) is 1. The summed E-state index contributed by atoms with van der Waals surface area (Å²) in [6.45, 7) is 5.85. The Morgan fingerprint density at radius 3 is 2.57 bits per heavy atom. The summed E-state index contributed by atoms with van der Waals surface area (Å²) >= 11 is 1.36. The summed E-state index contributed by atoms with van der Waals surface area (Å²) in [7, 11) is 0. The van der Waals surface area contributed by atoms with E-state index in [1.807, 2.05) is 24.8 Å². The van der Waals surface area contributed by atoms with Crippen molar-refractivity contribution in [2.75, 3.05) is 13.1 Å². The highest BCUT2D eigenvalue weighted by molar-refractivity contribution is 7.09. The van der Waals surface area contributed by atoms with E-state index in [9.17, 15) is 9.59 Å². The molecule has 0 radical (unpaired) electrons. The molecule has 0 bridgehead atoms. The third-order valence-corrected chi connectivity index (χ3v) is 6.89. The average Bonchev–Trinajstić information content (AvgIpc) is 3.27. The van der Waals surface area contributed by atoms with E-state index in [1.165, 1.54) is 16.9 Å². The standard InChI is InChI=1S/C23H32N4O2S/c1-3-16(2)21(26-22(28)19-15-30-20(14-24)25-19)23(29)27-11-9-18(10-12-27)13-17-7-5-4-6-8-17/h4-8,15-16,18,21H,3,9-14,24H2,1-2H3,(H,26,28). The van der Waals surface area contributed by atoms with E-state index in [0.29, 0.717) is 23.2 Å². The molecule has 2 atom stereocenters. The molecule has 0 spiro atoms. The molecule has 30 heavy (non-hydrogen) atoms. The highest BCUT2D eigenvalue weighted by Gasteiger charge is 2.32. The van der Waals surface area contributed by atoms with Crippen LogP contribution in [0.3, 0.4) is 0 Å². The number of nitrogens with zero attached hydrogens (tertiary/aromatic N) is 2. The van der Waals surface area contributed by atoms with E-state index in [1.54, 1.807) is 5.38 Å². The van der Waals surface area contributed by atoms with Gasteiger partial charge in [-0.25, -0.2) is 4.98 Å². The van der Waals surface area contributed by atoms with Crippen LogP contribution in [0.25, 0.3) is 0 Å². The summed E-state index contributed by atoms with van der Waals surface area (Å²) < 4.78 is 0. The summed E-state index contributed by atoms with van der Waals surface area (Å²) in [5.74, 6) is 0.364. The molecule has 1 aliphatic rings. The molecule has 0 aliphatic carbocycles. The molecule has 3 rings (SSSR count). The van der Waals surface area contributed by atoms with Crippen LogP contribution in [-0.2, 0) is 17.8 Å². The number of amides is 2. The second-order valence-electron chi connectivity index (χ2n) is 8.13. The maximum Gasteiger partial charge on any atom is 0.271 e. The Morgan fingerprint density at radius 1 is 1.27 bits per heavy atom. The van der Waals surface area contributed by atoms with Gasteiger partial charge in [0, 0.05) is 25.0 Å². The molecule has 1 fully saturated rings. The van der Waals surface area contributed by atoms with Gasteiger partial charge in [0.25, 0.3) is 5.91 Å². The molecule has 2 heterocycles. The number of benzene rings is 1. The van der Waals surface area contributed by atoms with E-state index >= 15 is 0 Å². The molecule has 1 aliphatic heterocycles. The van der Waals surface area contributed by atoms with Crippen LogP contribution in [0, 0.1) is 11.8 Å². The van der Waals surface area contributed by atoms with Crippen molar-refractivity contribution in [2.24, 2.45) is 17.6 Å². The Morgan fingerprint density at radius 2 is 1.97 bits per heavy atom. The van der Waals surface area contributed by atoms with Gasteiger partial charge >= 0.3 is 0 Å². The second-order valence-corrected chi connectivity index (χ2v) is 9.07. The molecule has 2 unspecified atom stereocenters. The number of likely N-dealkylation sites (tertiary alicyclic amines) is 1. The van der Waals surface area contributed by atoms with Gasteiger partial charge in [-0.15, -0.1) is 11.3 Å². The molecule has 7 heteroatoms. The monoisotopic (exact) mass is 428 g/mol. The van der Waals surface area contributed by atoms with Gasteiger partial charge in [0.15, 0.2) is 0 Å². The molecule has 1 aromatic heterocycles. The van der Waals surface area contributed by atoms with Crippen molar-refractivity contribution >= 4 is 23.2 Å². The lowest BCUT2D eigenvalue weighted by Gasteiger charge is -2.36. The number of carbonyl (C=O) groups excluding carboxylic acids is 2. The van der Waals surface area contributed by atoms with Crippen molar-refractivity contribution in [1.29, 1.82) is 0 Å². The SMILES string of the molecule is CCC(C)C(NC(=O)c1csc(CN)n1)C(=O)N1CCC(Cc2ccccc2)CC1. The zero-order chi connectivity index (χ0) is 21.5. The lowest BCUT2D eigenvalue weighted by Crippen LogP contribution is -2.53. The van der Waals surface area contributed by atoms with Crippen molar-refractivity contribution in [2.45, 2.75) is 52.1 Å². The van der Waals surface area contributed by atoms with Crippen LogP contribution in [0.1, 0.15) is 54.2 Å². The summed E-state index contributed by atoms with van der Waals surface area (Å²) in [4.78, 5) is 32.1. The zero-order valence-electron chi connectivity index (χ0n) is 17.8. The van der Waals surface area contributed by atoms with Crippen molar-refractivity contribution in [3.8, 4) is 0 Å². The first-order valence-electron chi connectivity index (χ1n) is 10.8. The van der Waals surface area contributed by atoms with Gasteiger partial charge in [0.1, 0.15) is 16.7 Å².